The third-order valence-corrected chi connectivity index (χ3v) is 2.49. The summed E-state index contributed by atoms with van der Waals surface area (Å²) >= 11 is 5.77. The molecule has 1 rings (SSSR count). The number of nitriles is 1. The van der Waals surface area contributed by atoms with Crippen molar-refractivity contribution in [1.82, 2.24) is 4.98 Å². The molecule has 0 radical (unpaired) electrons. The molecule has 0 aromatic carbocycles. The van der Waals surface area contributed by atoms with Crippen LogP contribution in [0.5, 0.6) is 0 Å². The first-order chi connectivity index (χ1) is 9.02. The van der Waals surface area contributed by atoms with Crippen molar-refractivity contribution in [3.63, 3.8) is 0 Å². The lowest BCUT2D eigenvalue weighted by atomic mass is 10.3. The Morgan fingerprint density at radius 2 is 2.32 bits per heavy atom. The van der Waals surface area contributed by atoms with E-state index in [0.717, 1.165) is 0 Å². The number of carbonyl (C=O) groups is 1. The van der Waals surface area contributed by atoms with Gasteiger partial charge in [0.15, 0.2) is 5.69 Å². The van der Waals surface area contributed by atoms with Gasteiger partial charge < -0.3 is 10.1 Å². The van der Waals surface area contributed by atoms with Gasteiger partial charge in [0.1, 0.15) is 11.9 Å². The zero-order valence-corrected chi connectivity index (χ0v) is 11.7. The number of nitrogens with zero attached hydrogens (tertiary/aromatic N) is 2. The smallest absolute Gasteiger partial charge is 0.306 e. The highest BCUT2D eigenvalue weighted by molar-refractivity contribution is 6.31. The van der Waals surface area contributed by atoms with Crippen LogP contribution in [0.25, 0.3) is 0 Å². The van der Waals surface area contributed by atoms with E-state index < -0.39 is 0 Å². The van der Waals surface area contributed by atoms with Crippen LogP contribution in [0, 0.1) is 11.3 Å². The molecule has 102 valence electrons. The number of pyridine rings is 1. The minimum atomic E-state index is -0.210. The van der Waals surface area contributed by atoms with Crippen molar-refractivity contribution in [1.29, 1.82) is 5.26 Å². The van der Waals surface area contributed by atoms with Crippen LogP contribution in [0.3, 0.4) is 0 Å². The Kier molecular flexibility index (Phi) is 6.10. The van der Waals surface area contributed by atoms with Crippen LogP contribution >= 0.6 is 11.6 Å². The summed E-state index contributed by atoms with van der Waals surface area (Å²) in [7, 11) is 0. The van der Waals surface area contributed by atoms with Gasteiger partial charge in [0, 0.05) is 13.0 Å². The van der Waals surface area contributed by atoms with E-state index in [1.54, 1.807) is 12.1 Å². The molecule has 0 unspecified atom stereocenters. The normalized spacial score (nSPS) is 10.1. The molecule has 1 aromatic heterocycles. The Morgan fingerprint density at radius 1 is 1.58 bits per heavy atom. The molecule has 0 amide bonds. The largest absolute Gasteiger partial charge is 0.463 e. The molecule has 0 bridgehead atoms. The van der Waals surface area contributed by atoms with Gasteiger partial charge in [-0.2, -0.15) is 5.26 Å². The topological polar surface area (TPSA) is 75.0 Å². The minimum Gasteiger partial charge on any atom is -0.463 e. The maximum absolute atomic E-state index is 11.3. The van der Waals surface area contributed by atoms with Crippen LogP contribution in [0.1, 0.15) is 32.4 Å². The lowest BCUT2D eigenvalue weighted by Crippen LogP contribution is -2.13. The summed E-state index contributed by atoms with van der Waals surface area (Å²) in [4.78, 5) is 15.3. The van der Waals surface area contributed by atoms with Crippen molar-refractivity contribution < 1.29 is 9.53 Å². The average Bonchev–Trinajstić information content (AvgIpc) is 2.35. The van der Waals surface area contributed by atoms with Crippen LogP contribution in [0.15, 0.2) is 12.1 Å². The number of anilines is 1. The molecule has 0 atom stereocenters. The van der Waals surface area contributed by atoms with Gasteiger partial charge in [0.05, 0.1) is 11.1 Å². The summed E-state index contributed by atoms with van der Waals surface area (Å²) in [6, 6.07) is 5.21. The van der Waals surface area contributed by atoms with E-state index in [-0.39, 0.29) is 17.8 Å². The van der Waals surface area contributed by atoms with Gasteiger partial charge in [0.2, 0.25) is 0 Å². The fourth-order valence-electron chi connectivity index (χ4n) is 1.39. The molecule has 0 aliphatic rings. The van der Waals surface area contributed by atoms with Crippen molar-refractivity contribution in [2.45, 2.75) is 32.8 Å². The zero-order valence-electron chi connectivity index (χ0n) is 10.9. The van der Waals surface area contributed by atoms with Gasteiger partial charge in [-0.25, -0.2) is 4.98 Å². The molecular weight excluding hydrogens is 266 g/mol. The highest BCUT2D eigenvalue weighted by Crippen LogP contribution is 2.15. The molecule has 0 spiro atoms. The first-order valence-electron chi connectivity index (χ1n) is 6.03. The lowest BCUT2D eigenvalue weighted by Gasteiger charge is -2.08. The van der Waals surface area contributed by atoms with Gasteiger partial charge in [-0.05, 0) is 32.4 Å². The van der Waals surface area contributed by atoms with Crippen LogP contribution in [-0.4, -0.2) is 23.6 Å². The monoisotopic (exact) mass is 281 g/mol. The molecule has 6 heteroatoms. The number of aromatic nitrogens is 1. The maximum Gasteiger partial charge on any atom is 0.306 e. The van der Waals surface area contributed by atoms with E-state index in [9.17, 15) is 4.79 Å². The number of rotatable bonds is 6. The molecule has 0 aliphatic carbocycles. The Labute approximate surface area is 117 Å². The van der Waals surface area contributed by atoms with E-state index in [1.807, 2.05) is 19.9 Å². The summed E-state index contributed by atoms with van der Waals surface area (Å²) in [5, 5.41) is 12.1. The lowest BCUT2D eigenvalue weighted by molar-refractivity contribution is -0.147. The molecule has 0 aliphatic heterocycles. The van der Waals surface area contributed by atoms with Crippen LogP contribution in [0.2, 0.25) is 5.02 Å². The number of hydrogen-bond acceptors (Lipinski definition) is 5. The number of carbonyl (C=O) groups excluding carboxylic acids is 1. The zero-order chi connectivity index (χ0) is 14.3. The number of ether oxygens (including phenoxy) is 1. The van der Waals surface area contributed by atoms with Crippen molar-refractivity contribution in [2.24, 2.45) is 0 Å². The molecule has 0 saturated carbocycles. The molecule has 19 heavy (non-hydrogen) atoms. The number of nitrogens with one attached hydrogen (secondary N) is 1. The fourth-order valence-corrected chi connectivity index (χ4v) is 1.54. The maximum atomic E-state index is 11.3. The first-order valence-corrected chi connectivity index (χ1v) is 6.40. The van der Waals surface area contributed by atoms with E-state index in [0.29, 0.717) is 30.2 Å². The van der Waals surface area contributed by atoms with Crippen molar-refractivity contribution in [3.8, 4) is 6.07 Å². The fraction of sp³-hybridized carbons (Fsp3) is 0.462. The molecule has 5 nitrogen and oxygen atoms in total. The average molecular weight is 282 g/mol. The van der Waals surface area contributed by atoms with Crippen LogP contribution < -0.4 is 5.32 Å². The minimum absolute atomic E-state index is 0.0865. The molecule has 1 heterocycles. The quantitative estimate of drug-likeness (QED) is 0.641. The van der Waals surface area contributed by atoms with E-state index in [2.05, 4.69) is 10.3 Å². The Hall–Kier alpha value is -1.80. The Morgan fingerprint density at radius 3 is 2.95 bits per heavy atom. The predicted octanol–water partition coefficient (Wildman–Crippen LogP) is 2.75. The molecule has 0 fully saturated rings. The highest BCUT2D eigenvalue weighted by atomic mass is 35.5. The number of esters is 1. The van der Waals surface area contributed by atoms with Crippen molar-refractivity contribution >= 4 is 23.4 Å². The predicted molar refractivity (Wildman–Crippen MR) is 72.9 cm³/mol. The van der Waals surface area contributed by atoms with Crippen molar-refractivity contribution in [2.75, 3.05) is 11.9 Å². The molecular formula is C13H16ClN3O2. The van der Waals surface area contributed by atoms with Crippen LogP contribution in [0.4, 0.5) is 5.82 Å². The summed E-state index contributed by atoms with van der Waals surface area (Å²) < 4.78 is 5.01. The second-order valence-corrected chi connectivity index (χ2v) is 4.61. The summed E-state index contributed by atoms with van der Waals surface area (Å²) in [5.41, 5.74) is 0.186. The Bertz CT molecular complexity index is 483. The van der Waals surface area contributed by atoms with E-state index in [4.69, 9.17) is 21.6 Å². The van der Waals surface area contributed by atoms with E-state index in [1.165, 1.54) is 0 Å². The second-order valence-electron chi connectivity index (χ2n) is 4.21. The van der Waals surface area contributed by atoms with Gasteiger partial charge in [-0.15, -0.1) is 0 Å². The third kappa shape index (κ3) is 5.58. The number of halogens is 1. The van der Waals surface area contributed by atoms with E-state index >= 15 is 0 Å². The second kappa shape index (κ2) is 7.59. The third-order valence-electron chi connectivity index (χ3n) is 2.18. The van der Waals surface area contributed by atoms with Gasteiger partial charge in [0.25, 0.3) is 0 Å². The van der Waals surface area contributed by atoms with Gasteiger partial charge >= 0.3 is 5.97 Å². The van der Waals surface area contributed by atoms with Crippen LogP contribution in [-0.2, 0) is 9.53 Å². The Balaban J connectivity index is 2.34. The molecule has 1 N–H and O–H groups in total. The van der Waals surface area contributed by atoms with Gasteiger partial charge in [-0.3, -0.25) is 4.79 Å². The summed E-state index contributed by atoms with van der Waals surface area (Å²) in [6.07, 6.45) is 0.901. The molecule has 1 aromatic rings. The number of hydrogen-bond donors (Lipinski definition) is 1. The highest BCUT2D eigenvalue weighted by Gasteiger charge is 2.06. The molecule has 0 saturated heterocycles. The summed E-state index contributed by atoms with van der Waals surface area (Å²) in [5.74, 6) is 0.358. The SMILES string of the molecule is CC(C)OC(=O)CCCNc1ccc(Cl)c(C#N)n1. The first kappa shape index (κ1) is 15.3. The standard InChI is InChI=1S/C13H16ClN3O2/c1-9(2)19-13(18)4-3-7-16-12-6-5-10(14)11(8-15)17-12/h5-6,9H,3-4,7H2,1-2H3,(H,16,17). The summed E-state index contributed by atoms with van der Waals surface area (Å²) in [6.45, 7) is 4.21. The van der Waals surface area contributed by atoms with Gasteiger partial charge in [-0.1, -0.05) is 11.6 Å². The van der Waals surface area contributed by atoms with Crippen molar-refractivity contribution in [3.05, 3.63) is 22.8 Å².